The molecule has 0 spiro atoms. The minimum atomic E-state index is 0.313. The molecule has 0 unspecified atom stereocenters. The van der Waals surface area contributed by atoms with Crippen LogP contribution in [0.15, 0.2) is 30.5 Å². The van der Waals surface area contributed by atoms with Crippen molar-refractivity contribution in [3.05, 3.63) is 47.5 Å². The summed E-state index contributed by atoms with van der Waals surface area (Å²) in [5, 5.41) is 3.39. The van der Waals surface area contributed by atoms with Gasteiger partial charge in [0, 0.05) is 18.8 Å². The van der Waals surface area contributed by atoms with Gasteiger partial charge in [-0.15, -0.1) is 0 Å². The van der Waals surface area contributed by atoms with Crippen LogP contribution in [-0.4, -0.2) is 41.1 Å². The lowest BCUT2D eigenvalue weighted by molar-refractivity contribution is 0.114. The van der Waals surface area contributed by atoms with Crippen molar-refractivity contribution < 1.29 is 4.74 Å². The van der Waals surface area contributed by atoms with Crippen LogP contribution in [0.25, 0.3) is 0 Å². The van der Waals surface area contributed by atoms with Crippen molar-refractivity contribution in [1.82, 2.24) is 14.9 Å². The Balaban J connectivity index is 1.52. The Kier molecular flexibility index (Phi) is 5.30. The first kappa shape index (κ1) is 16.7. The number of nitrogens with zero attached hydrogens (tertiary/aromatic N) is 3. The van der Waals surface area contributed by atoms with Gasteiger partial charge in [-0.25, -0.2) is 0 Å². The number of ether oxygens (including phenoxy) is 1. The van der Waals surface area contributed by atoms with Crippen molar-refractivity contribution in [2.24, 2.45) is 0 Å². The quantitative estimate of drug-likeness (QED) is 0.914. The van der Waals surface area contributed by atoms with Crippen LogP contribution in [0.4, 0.5) is 5.69 Å². The number of hydrogen-bond donors (Lipinski definition) is 1. The number of rotatable bonds is 5. The van der Waals surface area contributed by atoms with Gasteiger partial charge >= 0.3 is 0 Å². The maximum absolute atomic E-state index is 6.03. The molecule has 0 amide bonds. The van der Waals surface area contributed by atoms with Crippen molar-refractivity contribution in [3.63, 3.8) is 0 Å². The number of anilines is 1. The standard InChI is InChI=1S/C19H26N4O/c1-14-4-7-19(15(2)22-14)21-12-16-5-6-18(13-20-16)24-17-8-10-23(3)11-9-17/h4-7,13,17,21H,8-12H2,1-3H3. The van der Waals surface area contributed by atoms with Crippen LogP contribution < -0.4 is 10.1 Å². The minimum Gasteiger partial charge on any atom is -0.489 e. The van der Waals surface area contributed by atoms with E-state index in [0.29, 0.717) is 12.6 Å². The SMILES string of the molecule is Cc1ccc(NCc2ccc(OC3CCN(C)CC3)cn2)c(C)n1. The third-order valence-electron chi connectivity index (χ3n) is 4.45. The van der Waals surface area contributed by atoms with E-state index in [1.165, 1.54) is 0 Å². The van der Waals surface area contributed by atoms with Crippen LogP contribution in [0.3, 0.4) is 0 Å². The summed E-state index contributed by atoms with van der Waals surface area (Å²) in [6.45, 7) is 6.90. The molecule has 128 valence electrons. The van der Waals surface area contributed by atoms with E-state index in [9.17, 15) is 0 Å². The van der Waals surface area contributed by atoms with Crippen molar-refractivity contribution in [3.8, 4) is 5.75 Å². The van der Waals surface area contributed by atoms with E-state index in [2.05, 4.69) is 33.3 Å². The predicted molar refractivity (Wildman–Crippen MR) is 96.4 cm³/mol. The second kappa shape index (κ2) is 7.62. The lowest BCUT2D eigenvalue weighted by atomic mass is 10.1. The van der Waals surface area contributed by atoms with Crippen molar-refractivity contribution >= 4 is 5.69 Å². The zero-order valence-corrected chi connectivity index (χ0v) is 14.7. The molecule has 1 saturated heterocycles. The molecule has 1 aliphatic heterocycles. The Labute approximate surface area is 144 Å². The van der Waals surface area contributed by atoms with E-state index < -0.39 is 0 Å². The van der Waals surface area contributed by atoms with Crippen LogP contribution in [-0.2, 0) is 6.54 Å². The Morgan fingerprint density at radius 3 is 2.62 bits per heavy atom. The second-order valence-corrected chi connectivity index (χ2v) is 6.54. The molecule has 0 aromatic carbocycles. The molecule has 0 saturated carbocycles. The zero-order chi connectivity index (χ0) is 16.9. The Morgan fingerprint density at radius 1 is 1.17 bits per heavy atom. The maximum Gasteiger partial charge on any atom is 0.138 e. The van der Waals surface area contributed by atoms with Crippen molar-refractivity contribution in [2.45, 2.75) is 39.3 Å². The Bertz CT molecular complexity index is 664. The molecule has 3 heterocycles. The molecule has 2 aromatic rings. The molecule has 5 heteroatoms. The van der Waals surface area contributed by atoms with Crippen LogP contribution in [0, 0.1) is 13.8 Å². The van der Waals surface area contributed by atoms with Gasteiger partial charge in [0.15, 0.2) is 0 Å². The summed E-state index contributed by atoms with van der Waals surface area (Å²) >= 11 is 0. The van der Waals surface area contributed by atoms with Crippen LogP contribution in [0.1, 0.15) is 29.9 Å². The average Bonchev–Trinajstić information content (AvgIpc) is 2.57. The highest BCUT2D eigenvalue weighted by Gasteiger charge is 2.17. The molecule has 24 heavy (non-hydrogen) atoms. The maximum atomic E-state index is 6.03. The van der Waals surface area contributed by atoms with Gasteiger partial charge < -0.3 is 15.0 Å². The number of piperidine rings is 1. The summed E-state index contributed by atoms with van der Waals surface area (Å²) in [5.74, 6) is 0.862. The normalized spacial score (nSPS) is 16.1. The molecule has 0 aliphatic carbocycles. The van der Waals surface area contributed by atoms with Crippen LogP contribution >= 0.6 is 0 Å². The number of aromatic nitrogens is 2. The summed E-state index contributed by atoms with van der Waals surface area (Å²) < 4.78 is 6.03. The van der Waals surface area contributed by atoms with Gasteiger partial charge in [0.2, 0.25) is 0 Å². The molecular weight excluding hydrogens is 300 g/mol. The smallest absolute Gasteiger partial charge is 0.138 e. The average molecular weight is 326 g/mol. The fourth-order valence-electron chi connectivity index (χ4n) is 2.94. The topological polar surface area (TPSA) is 50.3 Å². The molecular formula is C19H26N4O. The van der Waals surface area contributed by atoms with Crippen LogP contribution in [0.5, 0.6) is 5.75 Å². The first-order chi connectivity index (χ1) is 11.6. The summed E-state index contributed by atoms with van der Waals surface area (Å²) in [6, 6.07) is 8.12. The lowest BCUT2D eigenvalue weighted by Crippen LogP contribution is -2.35. The summed E-state index contributed by atoms with van der Waals surface area (Å²) in [6.07, 6.45) is 4.31. The number of hydrogen-bond acceptors (Lipinski definition) is 5. The Morgan fingerprint density at radius 2 is 1.96 bits per heavy atom. The van der Waals surface area contributed by atoms with Gasteiger partial charge in [-0.3, -0.25) is 9.97 Å². The summed E-state index contributed by atoms with van der Waals surface area (Å²) in [7, 11) is 2.16. The highest BCUT2D eigenvalue weighted by atomic mass is 16.5. The van der Waals surface area contributed by atoms with E-state index in [-0.39, 0.29) is 0 Å². The molecule has 1 fully saturated rings. The van der Waals surface area contributed by atoms with Gasteiger partial charge in [0.05, 0.1) is 29.8 Å². The van der Waals surface area contributed by atoms with Crippen molar-refractivity contribution in [2.75, 3.05) is 25.5 Å². The van der Waals surface area contributed by atoms with Gasteiger partial charge in [0.25, 0.3) is 0 Å². The number of aryl methyl sites for hydroxylation is 2. The van der Waals surface area contributed by atoms with Crippen molar-refractivity contribution in [1.29, 1.82) is 0 Å². The molecule has 0 atom stereocenters. The fraction of sp³-hybridized carbons (Fsp3) is 0.474. The molecule has 3 rings (SSSR count). The first-order valence-corrected chi connectivity index (χ1v) is 8.58. The fourth-order valence-corrected chi connectivity index (χ4v) is 2.94. The summed E-state index contributed by atoms with van der Waals surface area (Å²) in [4.78, 5) is 11.3. The largest absolute Gasteiger partial charge is 0.489 e. The van der Waals surface area contributed by atoms with E-state index in [0.717, 1.165) is 54.4 Å². The highest BCUT2D eigenvalue weighted by Crippen LogP contribution is 2.18. The third kappa shape index (κ3) is 4.45. The zero-order valence-electron chi connectivity index (χ0n) is 14.7. The minimum absolute atomic E-state index is 0.313. The number of pyridine rings is 2. The van der Waals surface area contributed by atoms with Crippen LogP contribution in [0.2, 0.25) is 0 Å². The Hall–Kier alpha value is -2.14. The van der Waals surface area contributed by atoms with Gasteiger partial charge in [0.1, 0.15) is 11.9 Å². The number of likely N-dealkylation sites (tertiary alicyclic amines) is 1. The monoisotopic (exact) mass is 326 g/mol. The van der Waals surface area contributed by atoms with Gasteiger partial charge in [-0.05, 0) is 58.0 Å². The first-order valence-electron chi connectivity index (χ1n) is 8.58. The number of nitrogens with one attached hydrogen (secondary N) is 1. The molecule has 1 aliphatic rings. The molecule has 1 N–H and O–H groups in total. The van der Waals surface area contributed by atoms with E-state index in [1.807, 2.05) is 38.2 Å². The molecule has 2 aromatic heterocycles. The second-order valence-electron chi connectivity index (χ2n) is 6.54. The predicted octanol–water partition coefficient (Wildman–Crippen LogP) is 3.18. The molecule has 5 nitrogen and oxygen atoms in total. The van der Waals surface area contributed by atoms with E-state index in [4.69, 9.17) is 4.74 Å². The molecule has 0 bridgehead atoms. The van der Waals surface area contributed by atoms with Gasteiger partial charge in [-0.2, -0.15) is 0 Å². The third-order valence-corrected chi connectivity index (χ3v) is 4.45. The van der Waals surface area contributed by atoms with E-state index >= 15 is 0 Å². The lowest BCUT2D eigenvalue weighted by Gasteiger charge is -2.29. The van der Waals surface area contributed by atoms with E-state index in [1.54, 1.807) is 0 Å². The molecule has 0 radical (unpaired) electrons. The van der Waals surface area contributed by atoms with Gasteiger partial charge in [-0.1, -0.05) is 0 Å². The highest BCUT2D eigenvalue weighted by molar-refractivity contribution is 5.47. The summed E-state index contributed by atoms with van der Waals surface area (Å²) in [5.41, 5.74) is 4.09.